The zero-order chi connectivity index (χ0) is 23.3. The van der Waals surface area contributed by atoms with Crippen molar-refractivity contribution >= 4 is 45.6 Å². The van der Waals surface area contributed by atoms with Crippen LogP contribution in [-0.4, -0.2) is 27.5 Å². The number of nitrogens with zero attached hydrogens (tertiary/aromatic N) is 1. The first-order valence-corrected chi connectivity index (χ1v) is 12.2. The lowest BCUT2D eigenvalue weighted by molar-refractivity contribution is 0.0968. The summed E-state index contributed by atoms with van der Waals surface area (Å²) in [4.78, 5) is 17.7. The SMILES string of the molecule is CC1(N)CCC(Nc2c(C(=O)C3CC3)cnc3ccc(-c4cc(Cl)c(O)c(Cl)c4)cc23)CC1. The number of phenols is 1. The summed E-state index contributed by atoms with van der Waals surface area (Å²) in [5.41, 5.74) is 10.2. The van der Waals surface area contributed by atoms with Crippen molar-refractivity contribution in [1.29, 1.82) is 0 Å². The summed E-state index contributed by atoms with van der Waals surface area (Å²) >= 11 is 12.3. The highest BCUT2D eigenvalue weighted by Gasteiger charge is 2.34. The van der Waals surface area contributed by atoms with Gasteiger partial charge in [0.2, 0.25) is 0 Å². The van der Waals surface area contributed by atoms with E-state index < -0.39 is 0 Å². The molecule has 3 aromatic rings. The number of anilines is 1. The van der Waals surface area contributed by atoms with Crippen LogP contribution in [0.3, 0.4) is 0 Å². The van der Waals surface area contributed by atoms with Gasteiger partial charge in [0.05, 0.1) is 26.8 Å². The summed E-state index contributed by atoms with van der Waals surface area (Å²) in [5.74, 6) is 0.127. The van der Waals surface area contributed by atoms with Crippen molar-refractivity contribution in [2.45, 2.75) is 57.0 Å². The average molecular weight is 484 g/mol. The predicted octanol–water partition coefficient (Wildman–Crippen LogP) is 6.58. The van der Waals surface area contributed by atoms with E-state index in [4.69, 9.17) is 28.9 Å². The van der Waals surface area contributed by atoms with E-state index in [1.165, 1.54) is 0 Å². The number of aromatic hydroxyl groups is 1. The molecule has 1 aromatic heterocycles. The van der Waals surface area contributed by atoms with Crippen molar-refractivity contribution in [1.82, 2.24) is 4.98 Å². The molecule has 0 aliphatic heterocycles. The second kappa shape index (κ2) is 8.46. The lowest BCUT2D eigenvalue weighted by atomic mass is 9.81. The van der Waals surface area contributed by atoms with Crippen molar-refractivity contribution < 1.29 is 9.90 Å². The van der Waals surface area contributed by atoms with Crippen LogP contribution in [0.2, 0.25) is 10.0 Å². The van der Waals surface area contributed by atoms with E-state index in [-0.39, 0.29) is 39.1 Å². The van der Waals surface area contributed by atoms with Crippen LogP contribution in [-0.2, 0) is 0 Å². The Morgan fingerprint density at radius 2 is 1.76 bits per heavy atom. The fourth-order valence-electron chi connectivity index (χ4n) is 4.64. The number of hydrogen-bond donors (Lipinski definition) is 3. The van der Waals surface area contributed by atoms with Crippen molar-refractivity contribution in [2.75, 3.05) is 5.32 Å². The molecule has 1 heterocycles. The number of aromatic nitrogens is 1. The molecule has 5 nitrogen and oxygen atoms in total. The van der Waals surface area contributed by atoms with Gasteiger partial charge in [-0.1, -0.05) is 29.3 Å². The monoisotopic (exact) mass is 483 g/mol. The Kier molecular flexibility index (Phi) is 5.76. The van der Waals surface area contributed by atoms with E-state index in [1.54, 1.807) is 18.3 Å². The number of fused-ring (bicyclic) bond motifs is 1. The van der Waals surface area contributed by atoms with Crippen molar-refractivity contribution in [3.8, 4) is 16.9 Å². The van der Waals surface area contributed by atoms with E-state index in [9.17, 15) is 9.90 Å². The Morgan fingerprint density at radius 3 is 2.39 bits per heavy atom. The molecular formula is C26H27Cl2N3O2. The Balaban J connectivity index is 1.60. The van der Waals surface area contributed by atoms with Crippen molar-refractivity contribution in [3.63, 3.8) is 0 Å². The van der Waals surface area contributed by atoms with Crippen LogP contribution in [0.15, 0.2) is 36.5 Å². The first kappa shape index (κ1) is 22.5. The first-order chi connectivity index (χ1) is 15.7. The molecule has 2 aliphatic carbocycles. The minimum Gasteiger partial charge on any atom is -0.505 e. The van der Waals surface area contributed by atoms with Crippen molar-refractivity contribution in [3.05, 3.63) is 52.1 Å². The summed E-state index contributed by atoms with van der Waals surface area (Å²) in [6, 6.07) is 9.52. The predicted molar refractivity (Wildman–Crippen MR) is 134 cm³/mol. The van der Waals surface area contributed by atoms with E-state index in [0.29, 0.717) is 5.56 Å². The van der Waals surface area contributed by atoms with E-state index >= 15 is 0 Å². The topological polar surface area (TPSA) is 88.2 Å². The Hall–Kier alpha value is -2.34. The van der Waals surface area contributed by atoms with E-state index in [0.717, 1.165) is 66.2 Å². The van der Waals surface area contributed by atoms with Gasteiger partial charge in [0.15, 0.2) is 11.5 Å². The molecule has 0 unspecified atom stereocenters. The molecule has 0 radical (unpaired) electrons. The third-order valence-corrected chi connectivity index (χ3v) is 7.48. The number of benzene rings is 2. The van der Waals surface area contributed by atoms with Crippen LogP contribution >= 0.6 is 23.2 Å². The number of ketones is 1. The number of nitrogens with one attached hydrogen (secondary N) is 1. The van der Waals surface area contributed by atoms with Gasteiger partial charge in [-0.05, 0) is 80.8 Å². The number of nitrogens with two attached hydrogens (primary N) is 1. The minimum absolute atomic E-state index is 0.0985. The third-order valence-electron chi connectivity index (χ3n) is 6.91. The zero-order valence-electron chi connectivity index (χ0n) is 18.5. The molecule has 0 bridgehead atoms. The van der Waals surface area contributed by atoms with Gasteiger partial charge in [0.25, 0.3) is 0 Å². The summed E-state index contributed by atoms with van der Waals surface area (Å²) in [7, 11) is 0. The standard InChI is InChI=1S/C26H27Cl2N3O2/c1-26(29)8-6-17(7-9-26)31-23-18-10-15(16-11-20(27)25(33)21(28)12-16)4-5-22(18)30-13-19(23)24(32)14-2-3-14/h4-5,10-14,17,33H,2-3,6-9,29H2,1H3,(H,30,31). The number of hydrogen-bond acceptors (Lipinski definition) is 5. The average Bonchev–Trinajstić information content (AvgIpc) is 3.63. The highest BCUT2D eigenvalue weighted by Crippen LogP contribution is 2.40. The van der Waals surface area contributed by atoms with Crippen LogP contribution in [0.1, 0.15) is 55.8 Å². The van der Waals surface area contributed by atoms with Gasteiger partial charge in [-0.25, -0.2) is 0 Å². The number of pyridine rings is 1. The van der Waals surface area contributed by atoms with Gasteiger partial charge in [0, 0.05) is 29.1 Å². The fraction of sp³-hybridized carbons (Fsp3) is 0.385. The smallest absolute Gasteiger partial charge is 0.169 e. The number of Topliss-reactive ketones (excluding diaryl/α,β-unsaturated/α-hetero) is 1. The number of halogens is 2. The highest BCUT2D eigenvalue weighted by molar-refractivity contribution is 6.37. The third kappa shape index (κ3) is 4.54. The summed E-state index contributed by atoms with van der Waals surface area (Å²) in [5, 5.41) is 14.9. The van der Waals surface area contributed by atoms with E-state index in [1.807, 2.05) is 18.2 Å². The lowest BCUT2D eigenvalue weighted by Gasteiger charge is -2.35. The van der Waals surface area contributed by atoms with Gasteiger partial charge in [-0.15, -0.1) is 0 Å². The molecule has 2 fully saturated rings. The molecule has 7 heteroatoms. The number of phenolic OH excluding ortho intramolecular Hbond substituents is 1. The highest BCUT2D eigenvalue weighted by atomic mass is 35.5. The molecule has 4 N–H and O–H groups in total. The zero-order valence-corrected chi connectivity index (χ0v) is 20.0. The fourth-order valence-corrected chi connectivity index (χ4v) is 5.12. The van der Waals surface area contributed by atoms with Gasteiger partial charge >= 0.3 is 0 Å². The Labute approximate surface area is 203 Å². The number of rotatable bonds is 5. The Bertz CT molecular complexity index is 1220. The van der Waals surface area contributed by atoms with Crippen LogP contribution < -0.4 is 11.1 Å². The molecule has 2 saturated carbocycles. The molecule has 33 heavy (non-hydrogen) atoms. The normalized spacial score (nSPS) is 23.0. The maximum atomic E-state index is 13.1. The molecule has 0 atom stereocenters. The van der Waals surface area contributed by atoms with Gasteiger partial charge in [-0.2, -0.15) is 0 Å². The molecule has 0 saturated heterocycles. The van der Waals surface area contributed by atoms with Gasteiger partial charge in [0.1, 0.15) is 0 Å². The summed E-state index contributed by atoms with van der Waals surface area (Å²) in [6.45, 7) is 2.10. The Morgan fingerprint density at radius 1 is 1.09 bits per heavy atom. The molecule has 2 aromatic carbocycles. The van der Waals surface area contributed by atoms with Crippen molar-refractivity contribution in [2.24, 2.45) is 11.7 Å². The maximum absolute atomic E-state index is 13.1. The quantitative estimate of drug-likeness (QED) is 0.356. The molecule has 172 valence electrons. The summed E-state index contributed by atoms with van der Waals surface area (Å²) < 4.78 is 0. The second-order valence-electron chi connectivity index (χ2n) is 9.78. The maximum Gasteiger partial charge on any atom is 0.169 e. The van der Waals surface area contributed by atoms with Crippen LogP contribution in [0, 0.1) is 5.92 Å². The number of carbonyl (C=O) groups is 1. The molecular weight excluding hydrogens is 457 g/mol. The van der Waals surface area contributed by atoms with E-state index in [2.05, 4.69) is 17.2 Å². The molecule has 5 rings (SSSR count). The first-order valence-electron chi connectivity index (χ1n) is 11.4. The molecule has 2 aliphatic rings. The second-order valence-corrected chi connectivity index (χ2v) is 10.6. The van der Waals surface area contributed by atoms with Crippen LogP contribution in [0.5, 0.6) is 5.75 Å². The number of carbonyl (C=O) groups excluding carboxylic acids is 1. The van der Waals surface area contributed by atoms with Gasteiger partial charge < -0.3 is 16.2 Å². The molecule has 0 amide bonds. The van der Waals surface area contributed by atoms with Crippen LogP contribution in [0.25, 0.3) is 22.0 Å². The molecule has 0 spiro atoms. The summed E-state index contributed by atoms with van der Waals surface area (Å²) in [6.07, 6.45) is 7.39. The van der Waals surface area contributed by atoms with Gasteiger partial charge in [-0.3, -0.25) is 9.78 Å². The largest absolute Gasteiger partial charge is 0.505 e. The lowest BCUT2D eigenvalue weighted by Crippen LogP contribution is -2.43. The van der Waals surface area contributed by atoms with Crippen LogP contribution in [0.4, 0.5) is 5.69 Å². The minimum atomic E-state index is -0.131.